The fourth-order valence-electron chi connectivity index (χ4n) is 2.86. The van der Waals surface area contributed by atoms with Gasteiger partial charge in [0.1, 0.15) is 0 Å². The number of rotatable bonds is 2. The minimum Gasteiger partial charge on any atom is -0.324 e. The molecular weight excluding hydrogens is 194 g/mol. The molecule has 2 N–H and O–H groups in total. The Labute approximate surface area is 99.0 Å². The summed E-state index contributed by atoms with van der Waals surface area (Å²) >= 11 is 0. The summed E-state index contributed by atoms with van der Waals surface area (Å²) in [7, 11) is 0. The Hall–Kier alpha value is -0.820. The standard InChI is InChI=1S/C15H23N/c1-11-7-9-13(10-8-11)15(16)14-6-4-3-5-12(14)2/h3-6,11,13,15H,7-10,16H2,1-2H3. The van der Waals surface area contributed by atoms with E-state index in [1.807, 2.05) is 0 Å². The molecule has 1 aliphatic rings. The summed E-state index contributed by atoms with van der Waals surface area (Å²) in [4.78, 5) is 0. The lowest BCUT2D eigenvalue weighted by molar-refractivity contribution is 0.256. The SMILES string of the molecule is Cc1ccccc1C(N)C1CCC(C)CC1. The quantitative estimate of drug-likeness (QED) is 0.800. The van der Waals surface area contributed by atoms with Crippen LogP contribution in [0.5, 0.6) is 0 Å². The maximum absolute atomic E-state index is 6.42. The van der Waals surface area contributed by atoms with Crippen molar-refractivity contribution in [1.29, 1.82) is 0 Å². The first kappa shape index (κ1) is 11.7. The van der Waals surface area contributed by atoms with Crippen molar-refractivity contribution in [3.05, 3.63) is 35.4 Å². The third kappa shape index (κ3) is 2.46. The third-order valence-electron chi connectivity index (χ3n) is 4.12. The Bertz CT molecular complexity index is 337. The molecule has 1 heteroatoms. The number of benzene rings is 1. The third-order valence-corrected chi connectivity index (χ3v) is 4.12. The molecular formula is C15H23N. The van der Waals surface area contributed by atoms with Crippen molar-refractivity contribution in [2.75, 3.05) is 0 Å². The molecule has 0 saturated heterocycles. The van der Waals surface area contributed by atoms with E-state index >= 15 is 0 Å². The fraction of sp³-hybridized carbons (Fsp3) is 0.600. The normalized spacial score (nSPS) is 27.7. The van der Waals surface area contributed by atoms with Gasteiger partial charge in [0.25, 0.3) is 0 Å². The maximum Gasteiger partial charge on any atom is 0.0326 e. The zero-order chi connectivity index (χ0) is 11.5. The van der Waals surface area contributed by atoms with Crippen LogP contribution >= 0.6 is 0 Å². The van der Waals surface area contributed by atoms with E-state index in [-0.39, 0.29) is 6.04 Å². The zero-order valence-corrected chi connectivity index (χ0v) is 10.4. The molecule has 1 nitrogen and oxygen atoms in total. The molecule has 2 rings (SSSR count). The van der Waals surface area contributed by atoms with Gasteiger partial charge >= 0.3 is 0 Å². The number of hydrogen-bond donors (Lipinski definition) is 1. The van der Waals surface area contributed by atoms with Crippen molar-refractivity contribution < 1.29 is 0 Å². The summed E-state index contributed by atoms with van der Waals surface area (Å²) < 4.78 is 0. The molecule has 1 fully saturated rings. The topological polar surface area (TPSA) is 26.0 Å². The summed E-state index contributed by atoms with van der Waals surface area (Å²) in [5, 5.41) is 0. The van der Waals surface area contributed by atoms with Crippen LogP contribution in [0.1, 0.15) is 49.8 Å². The Morgan fingerprint density at radius 2 is 1.75 bits per heavy atom. The summed E-state index contributed by atoms with van der Waals surface area (Å²) in [6.45, 7) is 4.52. The van der Waals surface area contributed by atoms with Crippen LogP contribution in [0.15, 0.2) is 24.3 Å². The molecule has 1 saturated carbocycles. The number of nitrogens with two attached hydrogens (primary N) is 1. The highest BCUT2D eigenvalue weighted by Crippen LogP contribution is 2.36. The van der Waals surface area contributed by atoms with Gasteiger partial charge in [0.15, 0.2) is 0 Å². The number of hydrogen-bond acceptors (Lipinski definition) is 1. The van der Waals surface area contributed by atoms with Crippen LogP contribution in [0.3, 0.4) is 0 Å². The summed E-state index contributed by atoms with van der Waals surface area (Å²) in [6.07, 6.45) is 5.31. The molecule has 0 bridgehead atoms. The molecule has 88 valence electrons. The largest absolute Gasteiger partial charge is 0.324 e. The van der Waals surface area contributed by atoms with E-state index in [4.69, 9.17) is 5.73 Å². The van der Waals surface area contributed by atoms with Crippen LogP contribution in [0.2, 0.25) is 0 Å². The van der Waals surface area contributed by atoms with E-state index in [9.17, 15) is 0 Å². The minimum absolute atomic E-state index is 0.244. The van der Waals surface area contributed by atoms with Gasteiger partial charge < -0.3 is 5.73 Å². The van der Waals surface area contributed by atoms with Crippen LogP contribution in [0.25, 0.3) is 0 Å². The van der Waals surface area contributed by atoms with E-state index in [1.165, 1.54) is 36.8 Å². The molecule has 1 aromatic rings. The first-order valence-electron chi connectivity index (χ1n) is 6.49. The molecule has 16 heavy (non-hydrogen) atoms. The molecule has 1 aliphatic carbocycles. The molecule has 0 aromatic heterocycles. The smallest absolute Gasteiger partial charge is 0.0326 e. The fourth-order valence-corrected chi connectivity index (χ4v) is 2.86. The minimum atomic E-state index is 0.244. The highest BCUT2D eigenvalue weighted by atomic mass is 14.7. The lowest BCUT2D eigenvalue weighted by atomic mass is 9.77. The van der Waals surface area contributed by atoms with Gasteiger partial charge in [-0.1, -0.05) is 44.0 Å². The van der Waals surface area contributed by atoms with E-state index < -0.39 is 0 Å². The van der Waals surface area contributed by atoms with E-state index in [1.54, 1.807) is 0 Å². The lowest BCUT2D eigenvalue weighted by Crippen LogP contribution is -2.26. The van der Waals surface area contributed by atoms with Gasteiger partial charge in [-0.05, 0) is 42.7 Å². The molecule has 0 amide bonds. The van der Waals surface area contributed by atoms with E-state index in [2.05, 4.69) is 38.1 Å². The van der Waals surface area contributed by atoms with Gasteiger partial charge in [0.2, 0.25) is 0 Å². The van der Waals surface area contributed by atoms with E-state index in [0.29, 0.717) is 5.92 Å². The van der Waals surface area contributed by atoms with Crippen LogP contribution in [0.4, 0.5) is 0 Å². The second-order valence-electron chi connectivity index (χ2n) is 5.40. The van der Waals surface area contributed by atoms with Gasteiger partial charge in [-0.25, -0.2) is 0 Å². The van der Waals surface area contributed by atoms with Gasteiger partial charge in [-0.3, -0.25) is 0 Å². The van der Waals surface area contributed by atoms with Crippen molar-refractivity contribution in [3.63, 3.8) is 0 Å². The Kier molecular flexibility index (Phi) is 3.65. The average Bonchev–Trinajstić information content (AvgIpc) is 2.30. The van der Waals surface area contributed by atoms with Gasteiger partial charge in [0, 0.05) is 6.04 Å². The molecule has 1 aromatic carbocycles. The maximum atomic E-state index is 6.42. The van der Waals surface area contributed by atoms with Crippen molar-refractivity contribution in [2.45, 2.75) is 45.6 Å². The van der Waals surface area contributed by atoms with Crippen LogP contribution in [0, 0.1) is 18.8 Å². The molecule has 0 aliphatic heterocycles. The molecule has 1 atom stereocenters. The highest BCUT2D eigenvalue weighted by molar-refractivity contribution is 5.29. The predicted octanol–water partition coefficient (Wildman–Crippen LogP) is 3.82. The number of aryl methyl sites for hydroxylation is 1. The molecule has 0 heterocycles. The van der Waals surface area contributed by atoms with Crippen LogP contribution in [-0.4, -0.2) is 0 Å². The average molecular weight is 217 g/mol. The van der Waals surface area contributed by atoms with Gasteiger partial charge in [0.05, 0.1) is 0 Å². The highest BCUT2D eigenvalue weighted by Gasteiger charge is 2.25. The van der Waals surface area contributed by atoms with Gasteiger partial charge in [-0.15, -0.1) is 0 Å². The van der Waals surface area contributed by atoms with Crippen molar-refractivity contribution in [1.82, 2.24) is 0 Å². The summed E-state index contributed by atoms with van der Waals surface area (Å²) in [6, 6.07) is 8.80. The first-order valence-corrected chi connectivity index (χ1v) is 6.49. The molecule has 0 spiro atoms. The summed E-state index contributed by atoms with van der Waals surface area (Å²) in [5.74, 6) is 1.60. The lowest BCUT2D eigenvalue weighted by Gasteiger charge is -2.31. The van der Waals surface area contributed by atoms with E-state index in [0.717, 1.165) is 5.92 Å². The molecule has 0 radical (unpaired) electrons. The van der Waals surface area contributed by atoms with Crippen molar-refractivity contribution in [2.24, 2.45) is 17.6 Å². The summed E-state index contributed by atoms with van der Waals surface area (Å²) in [5.41, 5.74) is 9.11. The first-order chi connectivity index (χ1) is 7.68. The van der Waals surface area contributed by atoms with Crippen LogP contribution in [-0.2, 0) is 0 Å². The predicted molar refractivity (Wildman–Crippen MR) is 69.2 cm³/mol. The second kappa shape index (κ2) is 5.01. The zero-order valence-electron chi connectivity index (χ0n) is 10.4. The monoisotopic (exact) mass is 217 g/mol. The van der Waals surface area contributed by atoms with Crippen molar-refractivity contribution >= 4 is 0 Å². The van der Waals surface area contributed by atoms with Gasteiger partial charge in [-0.2, -0.15) is 0 Å². The molecule has 1 unspecified atom stereocenters. The Balaban J connectivity index is 2.07. The Morgan fingerprint density at radius 1 is 1.12 bits per heavy atom. The Morgan fingerprint density at radius 3 is 2.38 bits per heavy atom. The van der Waals surface area contributed by atoms with Crippen LogP contribution < -0.4 is 5.73 Å². The van der Waals surface area contributed by atoms with Crippen molar-refractivity contribution in [3.8, 4) is 0 Å². The second-order valence-corrected chi connectivity index (χ2v) is 5.40.